The monoisotopic (exact) mass is 222 g/mol. The average Bonchev–Trinajstić information content (AvgIpc) is 2.15. The minimum atomic E-state index is -6.00. The smallest absolute Gasteiger partial charge is 0.418 e. The van der Waals surface area contributed by atoms with Crippen LogP contribution in [-0.4, -0.2) is 12.4 Å². The maximum atomic E-state index is 9.75. The van der Waals surface area contributed by atoms with E-state index < -0.39 is 7.25 Å². The number of aliphatic hydroxyl groups excluding tert-OH is 1. The van der Waals surface area contributed by atoms with Crippen molar-refractivity contribution in [2.45, 2.75) is 6.61 Å². The summed E-state index contributed by atoms with van der Waals surface area (Å²) in [5, 5.41) is 16.9. The van der Waals surface area contributed by atoms with E-state index in [0.29, 0.717) is 5.69 Å². The number of hydrogen-bond acceptors (Lipinski definition) is 2. The molecule has 0 aliphatic heterocycles. The summed E-state index contributed by atoms with van der Waals surface area (Å²) in [5.74, 6) is 0. The molecule has 0 bridgehead atoms. The van der Waals surface area contributed by atoms with Crippen LogP contribution in [0.15, 0.2) is 24.3 Å². The van der Waals surface area contributed by atoms with Crippen molar-refractivity contribution >= 4 is 12.9 Å². The first-order valence-electron chi connectivity index (χ1n) is 3.79. The molecule has 0 aromatic heterocycles. The maximum absolute atomic E-state index is 9.75. The van der Waals surface area contributed by atoms with Gasteiger partial charge in [0, 0.05) is 12.1 Å². The van der Waals surface area contributed by atoms with Gasteiger partial charge in [0.2, 0.25) is 5.39 Å². The van der Waals surface area contributed by atoms with Crippen molar-refractivity contribution in [3.63, 3.8) is 0 Å². The van der Waals surface area contributed by atoms with Crippen LogP contribution in [0, 0.1) is 5.39 Å². The van der Waals surface area contributed by atoms with Crippen LogP contribution in [0.1, 0.15) is 5.56 Å². The molecule has 0 radical (unpaired) electrons. The van der Waals surface area contributed by atoms with Crippen LogP contribution in [0.2, 0.25) is 0 Å². The molecule has 8 heteroatoms. The molecule has 0 saturated heterocycles. The summed E-state index contributed by atoms with van der Waals surface area (Å²) in [6.07, 6.45) is 0. The normalized spacial score (nSPS) is 9.87. The summed E-state index contributed by atoms with van der Waals surface area (Å²) >= 11 is 0. The Balaban J connectivity index is 0.000000336. The standard InChI is InChI=1S/C7H7N2O.BF4/c8-9-7-3-1-6(5-10)2-4-7;2-1(3,4)5/h1-4,10H,5H2;/q+1;-1. The van der Waals surface area contributed by atoms with Gasteiger partial charge in [-0.05, 0) is 17.7 Å². The second kappa shape index (κ2) is 5.98. The van der Waals surface area contributed by atoms with Crippen LogP contribution in [0.4, 0.5) is 23.0 Å². The third-order valence-electron chi connectivity index (χ3n) is 1.23. The van der Waals surface area contributed by atoms with Crippen LogP contribution in [0.25, 0.3) is 4.98 Å². The molecule has 1 aromatic rings. The fourth-order valence-electron chi connectivity index (χ4n) is 0.668. The molecule has 0 saturated carbocycles. The first-order chi connectivity index (χ1) is 6.86. The van der Waals surface area contributed by atoms with Crippen molar-refractivity contribution in [2.24, 2.45) is 0 Å². The van der Waals surface area contributed by atoms with Crippen molar-refractivity contribution in [3.05, 3.63) is 34.8 Å². The Kier molecular flexibility index (Phi) is 5.34. The summed E-state index contributed by atoms with van der Waals surface area (Å²) in [4.78, 5) is 2.96. The van der Waals surface area contributed by atoms with E-state index in [0.717, 1.165) is 5.56 Å². The van der Waals surface area contributed by atoms with E-state index in [1.165, 1.54) is 0 Å². The van der Waals surface area contributed by atoms with Gasteiger partial charge in [0.1, 0.15) is 0 Å². The SMILES string of the molecule is F[B-](F)(F)F.N#[N+]c1ccc(CO)cc1. The van der Waals surface area contributed by atoms with Crippen molar-refractivity contribution in [3.8, 4) is 0 Å². The van der Waals surface area contributed by atoms with Crippen molar-refractivity contribution < 1.29 is 22.4 Å². The zero-order valence-electron chi connectivity index (χ0n) is 7.45. The molecule has 0 heterocycles. The lowest BCUT2D eigenvalue weighted by atomic mass is 10.2. The minimum Gasteiger partial charge on any atom is -0.418 e. The molecule has 1 rings (SSSR count). The third kappa shape index (κ3) is 8.71. The van der Waals surface area contributed by atoms with Crippen LogP contribution >= 0.6 is 0 Å². The van der Waals surface area contributed by atoms with Gasteiger partial charge < -0.3 is 22.4 Å². The molecule has 0 amide bonds. The van der Waals surface area contributed by atoms with E-state index in [2.05, 4.69) is 4.98 Å². The zero-order valence-corrected chi connectivity index (χ0v) is 7.45. The molecule has 0 unspecified atom stereocenters. The summed E-state index contributed by atoms with van der Waals surface area (Å²) in [7, 11) is -6.00. The lowest BCUT2D eigenvalue weighted by Gasteiger charge is -1.94. The van der Waals surface area contributed by atoms with E-state index in [9.17, 15) is 17.3 Å². The Morgan fingerprint density at radius 2 is 1.53 bits per heavy atom. The van der Waals surface area contributed by atoms with Gasteiger partial charge in [0.25, 0.3) is 0 Å². The van der Waals surface area contributed by atoms with Crippen molar-refractivity contribution in [1.82, 2.24) is 0 Å². The Morgan fingerprint density at radius 3 is 1.80 bits per heavy atom. The average molecular weight is 222 g/mol. The quantitative estimate of drug-likeness (QED) is 0.451. The molecule has 15 heavy (non-hydrogen) atoms. The van der Waals surface area contributed by atoms with E-state index >= 15 is 0 Å². The summed E-state index contributed by atoms with van der Waals surface area (Å²) < 4.78 is 39.0. The molecule has 0 aliphatic rings. The van der Waals surface area contributed by atoms with Crippen LogP contribution in [0.5, 0.6) is 0 Å². The van der Waals surface area contributed by atoms with Gasteiger partial charge in [-0.2, -0.15) is 0 Å². The largest absolute Gasteiger partial charge is 0.673 e. The van der Waals surface area contributed by atoms with Crippen molar-refractivity contribution in [1.29, 1.82) is 5.39 Å². The molecule has 1 aromatic carbocycles. The Labute approximate surface area is 83.1 Å². The lowest BCUT2D eigenvalue weighted by Crippen LogP contribution is -2.02. The molecule has 0 fully saturated rings. The summed E-state index contributed by atoms with van der Waals surface area (Å²) in [6.45, 7) is 0.0196. The molecule has 1 N–H and O–H groups in total. The van der Waals surface area contributed by atoms with Gasteiger partial charge in [-0.25, -0.2) is 0 Å². The maximum Gasteiger partial charge on any atom is 0.673 e. The van der Waals surface area contributed by atoms with E-state index in [1.807, 2.05) is 0 Å². The minimum absolute atomic E-state index is 0.0196. The predicted molar refractivity (Wildman–Crippen MR) is 47.3 cm³/mol. The number of nitrogens with zero attached hydrogens (tertiary/aromatic N) is 2. The van der Waals surface area contributed by atoms with Gasteiger partial charge in [-0.15, -0.1) is 0 Å². The van der Waals surface area contributed by atoms with Gasteiger partial charge in [-0.3, -0.25) is 0 Å². The fourth-order valence-corrected chi connectivity index (χ4v) is 0.668. The van der Waals surface area contributed by atoms with E-state index in [4.69, 9.17) is 10.5 Å². The highest BCUT2D eigenvalue weighted by atomic mass is 19.5. The molecule has 0 atom stereocenters. The Morgan fingerprint density at radius 1 is 1.13 bits per heavy atom. The second-order valence-electron chi connectivity index (χ2n) is 2.42. The van der Waals surface area contributed by atoms with Crippen LogP contribution < -0.4 is 0 Å². The van der Waals surface area contributed by atoms with E-state index in [1.54, 1.807) is 24.3 Å². The number of hydrogen-bond donors (Lipinski definition) is 1. The summed E-state index contributed by atoms with van der Waals surface area (Å²) in [5.41, 5.74) is 1.31. The number of diazo groups is 1. The molecular formula is C7H7BF4N2O. The molecular weight excluding hydrogens is 215 g/mol. The first-order valence-corrected chi connectivity index (χ1v) is 3.79. The molecule has 0 aliphatic carbocycles. The highest BCUT2D eigenvalue weighted by Gasteiger charge is 2.20. The van der Waals surface area contributed by atoms with E-state index in [-0.39, 0.29) is 6.61 Å². The fraction of sp³-hybridized carbons (Fsp3) is 0.143. The number of rotatable bonds is 1. The molecule has 82 valence electrons. The third-order valence-corrected chi connectivity index (χ3v) is 1.23. The van der Waals surface area contributed by atoms with Gasteiger partial charge in [-0.1, -0.05) is 0 Å². The molecule has 0 spiro atoms. The Hall–Kier alpha value is -1.62. The first kappa shape index (κ1) is 13.4. The number of aliphatic hydroxyl groups is 1. The van der Waals surface area contributed by atoms with Crippen LogP contribution in [-0.2, 0) is 6.61 Å². The zero-order chi connectivity index (χ0) is 11.9. The number of halogens is 4. The topological polar surface area (TPSA) is 48.4 Å². The second-order valence-corrected chi connectivity index (χ2v) is 2.42. The Bertz CT molecular complexity index is 326. The lowest BCUT2D eigenvalue weighted by molar-refractivity contribution is 0.282. The van der Waals surface area contributed by atoms with Crippen molar-refractivity contribution in [2.75, 3.05) is 0 Å². The highest BCUT2D eigenvalue weighted by molar-refractivity contribution is 6.50. The predicted octanol–water partition coefficient (Wildman–Crippen LogP) is 2.96. The van der Waals surface area contributed by atoms with Crippen LogP contribution in [0.3, 0.4) is 0 Å². The van der Waals surface area contributed by atoms with Gasteiger partial charge in [0.05, 0.1) is 6.61 Å². The molecule has 3 nitrogen and oxygen atoms in total. The number of benzene rings is 1. The van der Waals surface area contributed by atoms with Gasteiger partial charge >= 0.3 is 12.9 Å². The van der Waals surface area contributed by atoms with Gasteiger partial charge in [0.15, 0.2) is 4.98 Å². The highest BCUT2D eigenvalue weighted by Crippen LogP contribution is 2.11. The summed E-state index contributed by atoms with van der Waals surface area (Å²) in [6, 6.07) is 6.67.